The first kappa shape index (κ1) is 39.6. The Morgan fingerprint density at radius 2 is 1.39 bits per heavy atom. The molecular weight excluding hydrogens is 710 g/mol. The second-order valence-corrected chi connectivity index (χ2v) is 15.1. The van der Waals surface area contributed by atoms with Crippen molar-refractivity contribution in [3.8, 4) is 11.1 Å². The number of likely N-dealkylation sites (N-methyl/N-ethyl adjacent to an activating group) is 2. The third-order valence-corrected chi connectivity index (χ3v) is 9.67. The van der Waals surface area contributed by atoms with Crippen LogP contribution in [0.5, 0.6) is 0 Å². The molecule has 0 fully saturated rings. The average molecular weight is 763 g/mol. The third kappa shape index (κ3) is 10.2. The van der Waals surface area contributed by atoms with Crippen LogP contribution >= 0.6 is 15.9 Å². The third-order valence-electron chi connectivity index (χ3n) is 9.14. The van der Waals surface area contributed by atoms with Crippen LogP contribution in [0, 0.1) is 0 Å². The maximum Gasteiger partial charge on any atom is 0.410 e. The predicted molar refractivity (Wildman–Crippen MR) is 203 cm³/mol. The van der Waals surface area contributed by atoms with Gasteiger partial charge in [0.1, 0.15) is 30.8 Å². The molecule has 0 spiro atoms. The molecule has 1 aliphatic carbocycles. The van der Waals surface area contributed by atoms with Gasteiger partial charge in [-0.1, -0.05) is 103 Å². The molecule has 9 nitrogen and oxygen atoms in total. The zero-order valence-corrected chi connectivity index (χ0v) is 32.6. The number of benzene rings is 3. The fourth-order valence-corrected chi connectivity index (χ4v) is 6.86. The van der Waals surface area contributed by atoms with Gasteiger partial charge in [-0.3, -0.25) is 19.3 Å². The van der Waals surface area contributed by atoms with Gasteiger partial charge in [0.2, 0.25) is 11.8 Å². The van der Waals surface area contributed by atoms with E-state index in [-0.39, 0.29) is 37.3 Å². The van der Waals surface area contributed by atoms with Crippen LogP contribution in [0.25, 0.3) is 11.1 Å². The van der Waals surface area contributed by atoms with Gasteiger partial charge in [0.15, 0.2) is 0 Å². The number of halogens is 1. The largest absolute Gasteiger partial charge is 0.459 e. The smallest absolute Gasteiger partial charge is 0.410 e. The summed E-state index contributed by atoms with van der Waals surface area (Å²) in [7, 11) is 3.14. The topological polar surface area (TPSA) is 96.5 Å². The molecule has 0 aliphatic heterocycles. The summed E-state index contributed by atoms with van der Waals surface area (Å²) in [5.41, 5.74) is 4.61. The van der Waals surface area contributed by atoms with Gasteiger partial charge in [0.25, 0.3) is 0 Å². The second kappa shape index (κ2) is 17.8. The molecular formula is C41H52BrN3O6. The van der Waals surface area contributed by atoms with Gasteiger partial charge in [-0.2, -0.15) is 0 Å². The lowest BCUT2D eigenvalue weighted by Gasteiger charge is -2.38. The quantitative estimate of drug-likeness (QED) is 0.147. The van der Waals surface area contributed by atoms with E-state index in [9.17, 15) is 19.2 Å². The van der Waals surface area contributed by atoms with Gasteiger partial charge in [0.05, 0.1) is 0 Å². The minimum Gasteiger partial charge on any atom is -0.459 e. The summed E-state index contributed by atoms with van der Waals surface area (Å²) in [6.07, 6.45) is 2.08. The molecule has 2 atom stereocenters. The van der Waals surface area contributed by atoms with E-state index in [1.165, 1.54) is 9.80 Å². The highest BCUT2D eigenvalue weighted by Crippen LogP contribution is 2.44. The Balaban J connectivity index is 1.59. The van der Waals surface area contributed by atoms with Gasteiger partial charge in [0, 0.05) is 37.5 Å². The van der Waals surface area contributed by atoms with Gasteiger partial charge < -0.3 is 19.3 Å². The first-order valence-electron chi connectivity index (χ1n) is 17.8. The minimum absolute atomic E-state index is 0.121. The van der Waals surface area contributed by atoms with E-state index in [1.807, 2.05) is 62.4 Å². The van der Waals surface area contributed by atoms with Gasteiger partial charge >= 0.3 is 12.1 Å². The summed E-state index contributed by atoms with van der Waals surface area (Å²) < 4.78 is 12.3. The molecule has 1 aliphatic rings. The zero-order chi connectivity index (χ0) is 37.3. The first-order chi connectivity index (χ1) is 24.2. The number of amides is 3. The zero-order valence-electron chi connectivity index (χ0n) is 31.0. The summed E-state index contributed by atoms with van der Waals surface area (Å²) in [5, 5.41) is 0. The summed E-state index contributed by atoms with van der Waals surface area (Å²) in [4.78, 5) is 59.8. The number of nitrogens with zero attached hydrogens (tertiary/aromatic N) is 3. The van der Waals surface area contributed by atoms with E-state index >= 15 is 0 Å². The number of hydrogen-bond donors (Lipinski definition) is 0. The van der Waals surface area contributed by atoms with E-state index in [0.29, 0.717) is 25.8 Å². The minimum atomic E-state index is -0.923. The average Bonchev–Trinajstić information content (AvgIpc) is 3.41. The van der Waals surface area contributed by atoms with Crippen molar-refractivity contribution in [3.63, 3.8) is 0 Å². The van der Waals surface area contributed by atoms with E-state index < -0.39 is 29.7 Å². The summed E-state index contributed by atoms with van der Waals surface area (Å²) in [6, 6.07) is 22.1. The van der Waals surface area contributed by atoms with Crippen molar-refractivity contribution in [1.29, 1.82) is 0 Å². The Kier molecular flexibility index (Phi) is 13.9. The Morgan fingerprint density at radius 1 is 0.804 bits per heavy atom. The number of carbonyl (C=O) groups is 4. The number of fused-ring (bicyclic) bond motifs is 3. The van der Waals surface area contributed by atoms with Crippen LogP contribution in [0.15, 0.2) is 77.3 Å². The maximum atomic E-state index is 14.7. The molecule has 4 rings (SSSR count). The molecule has 3 aromatic rings. The fraction of sp³-hybridized carbons (Fsp3) is 0.463. The molecule has 0 N–H and O–H groups in total. The summed E-state index contributed by atoms with van der Waals surface area (Å²) >= 11 is 3.48. The SMILES string of the molecule is CCCCN(C(=O)[C@H](CCC)N(C)C(=O)OCC1c2ccccc2-c2ccccc21)[C@@H](Cc1ccc(Br)cc1)C(=O)N(C)CC(=O)OC(C)(C)C. The van der Waals surface area contributed by atoms with Gasteiger partial charge in [-0.15, -0.1) is 0 Å². The van der Waals surface area contributed by atoms with Crippen LogP contribution in [0.3, 0.4) is 0 Å². The van der Waals surface area contributed by atoms with Crippen LogP contribution < -0.4 is 0 Å². The molecule has 0 heterocycles. The fourth-order valence-electron chi connectivity index (χ4n) is 6.59. The molecule has 0 radical (unpaired) electrons. The lowest BCUT2D eigenvalue weighted by molar-refractivity contribution is -0.159. The Labute approximate surface area is 311 Å². The highest BCUT2D eigenvalue weighted by atomic mass is 79.9. The molecule has 0 unspecified atom stereocenters. The van der Waals surface area contributed by atoms with Crippen molar-refractivity contribution in [3.05, 3.63) is 94.0 Å². The molecule has 3 aromatic carbocycles. The predicted octanol–water partition coefficient (Wildman–Crippen LogP) is 7.84. The Bertz CT molecular complexity index is 1620. The van der Waals surface area contributed by atoms with Crippen molar-refractivity contribution in [2.24, 2.45) is 0 Å². The van der Waals surface area contributed by atoms with Crippen LogP contribution in [0.4, 0.5) is 4.79 Å². The van der Waals surface area contributed by atoms with E-state index in [0.717, 1.165) is 38.7 Å². The molecule has 0 aromatic heterocycles. The van der Waals surface area contributed by atoms with Crippen LogP contribution in [0.1, 0.15) is 82.9 Å². The molecule has 3 amide bonds. The standard InChI is InChI=1S/C41H52BrN3O6/c1-8-10-24-45(36(25-28-20-22-29(42)23-21-28)38(47)43(6)26-37(46)51-41(3,4)5)39(48)35(15-9-2)44(7)40(49)50-27-34-32-18-13-11-16-30(32)31-17-12-14-19-33(31)34/h11-14,16-23,34-36H,8-10,15,24-27H2,1-7H3/t35-,36-/m0/s1. The summed E-state index contributed by atoms with van der Waals surface area (Å²) in [5.74, 6) is -1.37. The molecule has 0 bridgehead atoms. The molecule has 10 heteroatoms. The number of ether oxygens (including phenoxy) is 2. The molecule has 51 heavy (non-hydrogen) atoms. The van der Waals surface area contributed by atoms with Crippen molar-refractivity contribution in [2.75, 3.05) is 33.8 Å². The second-order valence-electron chi connectivity index (χ2n) is 14.2. The van der Waals surface area contributed by atoms with Crippen molar-refractivity contribution >= 4 is 39.8 Å². The van der Waals surface area contributed by atoms with E-state index in [1.54, 1.807) is 39.8 Å². The maximum absolute atomic E-state index is 14.7. The monoisotopic (exact) mass is 761 g/mol. The number of hydrogen-bond acceptors (Lipinski definition) is 6. The summed E-state index contributed by atoms with van der Waals surface area (Å²) in [6.45, 7) is 9.47. The normalized spacial score (nSPS) is 13.4. The highest BCUT2D eigenvalue weighted by molar-refractivity contribution is 9.10. The van der Waals surface area contributed by atoms with Gasteiger partial charge in [-0.25, -0.2) is 4.79 Å². The number of rotatable bonds is 15. The number of carbonyl (C=O) groups excluding carboxylic acids is 4. The first-order valence-corrected chi connectivity index (χ1v) is 18.6. The van der Waals surface area contributed by atoms with Crippen molar-refractivity contribution < 1.29 is 28.7 Å². The van der Waals surface area contributed by atoms with Crippen molar-refractivity contribution in [2.45, 2.75) is 90.3 Å². The van der Waals surface area contributed by atoms with E-state index in [4.69, 9.17) is 9.47 Å². The lowest BCUT2D eigenvalue weighted by Crippen LogP contribution is -2.57. The Hall–Kier alpha value is -4.18. The molecule has 0 saturated carbocycles. The van der Waals surface area contributed by atoms with Crippen LogP contribution in [-0.2, 0) is 30.3 Å². The molecule has 0 saturated heterocycles. The van der Waals surface area contributed by atoms with Crippen molar-refractivity contribution in [1.82, 2.24) is 14.7 Å². The molecule has 274 valence electrons. The Morgan fingerprint density at radius 3 is 1.94 bits per heavy atom. The lowest BCUT2D eigenvalue weighted by atomic mass is 9.98. The van der Waals surface area contributed by atoms with E-state index in [2.05, 4.69) is 40.2 Å². The van der Waals surface area contributed by atoms with Gasteiger partial charge in [-0.05, 0) is 73.6 Å². The van der Waals surface area contributed by atoms with Crippen LogP contribution in [0.2, 0.25) is 0 Å². The number of esters is 1. The highest BCUT2D eigenvalue weighted by Gasteiger charge is 2.39. The van der Waals surface area contributed by atoms with Crippen LogP contribution in [-0.4, -0.2) is 90.1 Å². The number of unbranched alkanes of at least 4 members (excludes halogenated alkanes) is 1.